The van der Waals surface area contributed by atoms with Gasteiger partial charge in [0.2, 0.25) is 5.91 Å². The van der Waals surface area contributed by atoms with Crippen molar-refractivity contribution in [3.63, 3.8) is 0 Å². The number of carbonyl (C=O) groups is 1. The van der Waals surface area contributed by atoms with Crippen molar-refractivity contribution in [2.75, 3.05) is 5.32 Å². The van der Waals surface area contributed by atoms with Gasteiger partial charge in [0, 0.05) is 10.4 Å². The number of carbonyl (C=O) groups excluding carboxylic acids is 1. The molecule has 1 heterocycles. The van der Waals surface area contributed by atoms with Crippen LogP contribution >= 0.6 is 27.3 Å². The second-order valence-electron chi connectivity index (χ2n) is 7.23. The second kappa shape index (κ2) is 5.93. The molecule has 1 amide bonds. The van der Waals surface area contributed by atoms with E-state index >= 15 is 0 Å². The van der Waals surface area contributed by atoms with Crippen LogP contribution in [0.4, 0.5) is 5.13 Å². The Morgan fingerprint density at radius 2 is 2.18 bits per heavy atom. The van der Waals surface area contributed by atoms with Gasteiger partial charge >= 0.3 is 0 Å². The molecule has 1 aliphatic carbocycles. The lowest BCUT2D eigenvalue weighted by atomic mass is 9.68. The highest BCUT2D eigenvalue weighted by Gasteiger charge is 2.35. The summed E-state index contributed by atoms with van der Waals surface area (Å²) < 4.78 is 2.10. The van der Waals surface area contributed by atoms with E-state index in [0.717, 1.165) is 27.5 Å². The number of amides is 1. The summed E-state index contributed by atoms with van der Waals surface area (Å²) in [5.74, 6) is 0.820. The van der Waals surface area contributed by atoms with E-state index in [9.17, 15) is 4.79 Å². The van der Waals surface area contributed by atoms with Crippen molar-refractivity contribution >= 4 is 48.5 Å². The predicted molar refractivity (Wildman–Crippen MR) is 96.2 cm³/mol. The Morgan fingerprint density at radius 1 is 1.41 bits per heavy atom. The highest BCUT2D eigenvalue weighted by Crippen LogP contribution is 2.42. The van der Waals surface area contributed by atoms with E-state index in [1.165, 1.54) is 17.8 Å². The van der Waals surface area contributed by atoms with Gasteiger partial charge in [-0.05, 0) is 48.8 Å². The zero-order chi connectivity index (χ0) is 15.9. The molecule has 3 nitrogen and oxygen atoms in total. The standard InChI is InChI=1S/C17H21BrN2OS/c1-10-6-11(9-17(2,3)8-10)15(21)20-16-19-13-7-12(18)4-5-14(13)22-16/h4-5,7,10-11H,6,8-9H2,1-3H3,(H,19,20,21). The minimum Gasteiger partial charge on any atom is -0.302 e. The van der Waals surface area contributed by atoms with Gasteiger partial charge < -0.3 is 5.32 Å². The molecule has 118 valence electrons. The fourth-order valence-corrected chi connectivity index (χ4v) is 4.91. The SMILES string of the molecule is CC1CC(C(=O)Nc2nc3cc(Br)ccc3s2)CC(C)(C)C1. The van der Waals surface area contributed by atoms with Gasteiger partial charge in [0.1, 0.15) is 0 Å². The molecular formula is C17H21BrN2OS. The van der Waals surface area contributed by atoms with Gasteiger partial charge in [-0.2, -0.15) is 0 Å². The van der Waals surface area contributed by atoms with Gasteiger partial charge in [-0.1, -0.05) is 48.0 Å². The highest BCUT2D eigenvalue weighted by atomic mass is 79.9. The van der Waals surface area contributed by atoms with Gasteiger partial charge in [-0.25, -0.2) is 4.98 Å². The van der Waals surface area contributed by atoms with Crippen LogP contribution < -0.4 is 5.32 Å². The molecule has 0 radical (unpaired) electrons. The maximum absolute atomic E-state index is 12.6. The summed E-state index contributed by atoms with van der Waals surface area (Å²) in [6.45, 7) is 6.77. The van der Waals surface area contributed by atoms with Crippen molar-refractivity contribution in [1.29, 1.82) is 0 Å². The van der Waals surface area contributed by atoms with Crippen molar-refractivity contribution in [3.8, 4) is 0 Å². The minimum atomic E-state index is 0.0949. The van der Waals surface area contributed by atoms with E-state index in [-0.39, 0.29) is 17.2 Å². The lowest BCUT2D eigenvalue weighted by Crippen LogP contribution is -2.34. The minimum absolute atomic E-state index is 0.0949. The number of fused-ring (bicyclic) bond motifs is 1. The van der Waals surface area contributed by atoms with E-state index < -0.39 is 0 Å². The maximum atomic E-state index is 12.6. The van der Waals surface area contributed by atoms with Gasteiger partial charge in [-0.3, -0.25) is 4.79 Å². The molecule has 0 spiro atoms. The second-order valence-corrected chi connectivity index (χ2v) is 9.18. The van der Waals surface area contributed by atoms with Crippen LogP contribution in [0, 0.1) is 17.3 Å². The first kappa shape index (κ1) is 15.9. The van der Waals surface area contributed by atoms with Crippen LogP contribution in [0.5, 0.6) is 0 Å². The summed E-state index contributed by atoms with van der Waals surface area (Å²) in [4.78, 5) is 17.1. The number of nitrogens with zero attached hydrogens (tertiary/aromatic N) is 1. The fraction of sp³-hybridized carbons (Fsp3) is 0.529. The summed E-state index contributed by atoms with van der Waals surface area (Å²) in [5, 5.41) is 3.73. The Morgan fingerprint density at radius 3 is 2.91 bits per heavy atom. The first-order valence-corrected chi connectivity index (χ1v) is 9.30. The number of hydrogen-bond acceptors (Lipinski definition) is 3. The molecule has 22 heavy (non-hydrogen) atoms. The Balaban J connectivity index is 1.75. The quantitative estimate of drug-likeness (QED) is 0.751. The lowest BCUT2D eigenvalue weighted by molar-refractivity contribution is -0.122. The summed E-state index contributed by atoms with van der Waals surface area (Å²) in [6, 6.07) is 6.00. The molecule has 0 bridgehead atoms. The first-order chi connectivity index (χ1) is 10.3. The third-order valence-electron chi connectivity index (χ3n) is 4.34. The number of halogens is 1. The van der Waals surface area contributed by atoms with Crippen LogP contribution in [-0.2, 0) is 4.79 Å². The van der Waals surface area contributed by atoms with E-state index in [2.05, 4.69) is 47.0 Å². The van der Waals surface area contributed by atoms with Crippen LogP contribution in [0.3, 0.4) is 0 Å². The molecular weight excluding hydrogens is 360 g/mol. The van der Waals surface area contributed by atoms with Crippen molar-refractivity contribution in [2.45, 2.75) is 40.0 Å². The molecule has 5 heteroatoms. The normalized spacial score (nSPS) is 24.4. The Hall–Kier alpha value is -0.940. The number of aromatic nitrogens is 1. The third-order valence-corrected chi connectivity index (χ3v) is 5.78. The topological polar surface area (TPSA) is 42.0 Å². The average Bonchev–Trinajstić information content (AvgIpc) is 2.77. The summed E-state index contributed by atoms with van der Waals surface area (Å²) in [7, 11) is 0. The zero-order valence-electron chi connectivity index (χ0n) is 13.1. The van der Waals surface area contributed by atoms with Crippen molar-refractivity contribution in [3.05, 3.63) is 22.7 Å². The first-order valence-electron chi connectivity index (χ1n) is 7.69. The molecule has 1 N–H and O–H groups in total. The van der Waals surface area contributed by atoms with Crippen LogP contribution in [-0.4, -0.2) is 10.9 Å². The Labute approximate surface area is 143 Å². The molecule has 2 atom stereocenters. The van der Waals surface area contributed by atoms with Crippen LogP contribution in [0.25, 0.3) is 10.2 Å². The van der Waals surface area contributed by atoms with Gasteiger partial charge in [0.05, 0.1) is 10.2 Å². The smallest absolute Gasteiger partial charge is 0.229 e. The van der Waals surface area contributed by atoms with Crippen LogP contribution in [0.1, 0.15) is 40.0 Å². The average molecular weight is 381 g/mol. The van der Waals surface area contributed by atoms with Gasteiger partial charge in [0.15, 0.2) is 5.13 Å². The van der Waals surface area contributed by atoms with E-state index in [4.69, 9.17) is 0 Å². The lowest BCUT2D eigenvalue weighted by Gasteiger charge is -2.38. The van der Waals surface area contributed by atoms with Crippen LogP contribution in [0.15, 0.2) is 22.7 Å². The molecule has 1 aliphatic rings. The molecule has 1 aromatic carbocycles. The van der Waals surface area contributed by atoms with E-state index in [0.29, 0.717) is 11.0 Å². The van der Waals surface area contributed by atoms with Crippen molar-refractivity contribution in [2.24, 2.45) is 17.3 Å². The number of nitrogens with one attached hydrogen (secondary N) is 1. The van der Waals surface area contributed by atoms with Crippen LogP contribution in [0.2, 0.25) is 0 Å². The largest absolute Gasteiger partial charge is 0.302 e. The zero-order valence-corrected chi connectivity index (χ0v) is 15.6. The van der Waals surface area contributed by atoms with E-state index in [1.807, 2.05) is 18.2 Å². The number of thiazole rings is 1. The Bertz CT molecular complexity index is 710. The monoisotopic (exact) mass is 380 g/mol. The molecule has 2 unspecified atom stereocenters. The van der Waals surface area contributed by atoms with Gasteiger partial charge in [0.25, 0.3) is 0 Å². The van der Waals surface area contributed by atoms with Gasteiger partial charge in [-0.15, -0.1) is 0 Å². The van der Waals surface area contributed by atoms with E-state index in [1.54, 1.807) is 0 Å². The number of anilines is 1. The molecule has 2 aromatic rings. The molecule has 0 saturated heterocycles. The Kier molecular flexibility index (Phi) is 4.29. The summed E-state index contributed by atoms with van der Waals surface area (Å²) >= 11 is 4.99. The van der Waals surface area contributed by atoms with Crippen molar-refractivity contribution < 1.29 is 4.79 Å². The summed E-state index contributed by atoms with van der Waals surface area (Å²) in [6.07, 6.45) is 3.14. The fourth-order valence-electron chi connectivity index (χ4n) is 3.71. The molecule has 1 saturated carbocycles. The molecule has 0 aliphatic heterocycles. The summed E-state index contributed by atoms with van der Waals surface area (Å²) in [5.41, 5.74) is 1.17. The molecule has 1 aromatic heterocycles. The predicted octanol–water partition coefficient (Wildman–Crippen LogP) is 5.46. The molecule has 3 rings (SSSR count). The third kappa shape index (κ3) is 3.51. The van der Waals surface area contributed by atoms with Crippen molar-refractivity contribution in [1.82, 2.24) is 4.98 Å². The number of rotatable bonds is 2. The molecule has 1 fully saturated rings. The highest BCUT2D eigenvalue weighted by molar-refractivity contribution is 9.10. The number of benzene rings is 1. The maximum Gasteiger partial charge on any atom is 0.229 e. The number of hydrogen-bond donors (Lipinski definition) is 1.